The van der Waals surface area contributed by atoms with Crippen LogP contribution in [0, 0.1) is 0 Å². The average molecular weight is 356 g/mol. The second-order valence-electron chi connectivity index (χ2n) is 5.59. The van der Waals surface area contributed by atoms with Gasteiger partial charge in [-0.15, -0.1) is 12.4 Å². The van der Waals surface area contributed by atoms with E-state index < -0.39 is 0 Å². The van der Waals surface area contributed by atoms with Crippen molar-refractivity contribution >= 4 is 29.7 Å². The number of amides is 1. The highest BCUT2D eigenvalue weighted by atomic mass is 35.5. The third-order valence-corrected chi connectivity index (χ3v) is 4.53. The van der Waals surface area contributed by atoms with Crippen molar-refractivity contribution in [3.8, 4) is 11.3 Å². The van der Waals surface area contributed by atoms with Crippen LogP contribution >= 0.6 is 23.7 Å². The van der Waals surface area contributed by atoms with Crippen LogP contribution in [0.4, 0.5) is 0 Å². The zero-order chi connectivity index (χ0) is 15.4. The quantitative estimate of drug-likeness (QED) is 0.851. The van der Waals surface area contributed by atoms with E-state index in [0.29, 0.717) is 13.1 Å². The molecule has 1 aliphatic rings. The summed E-state index contributed by atoms with van der Waals surface area (Å²) in [7, 11) is 1.98. The molecular weight excluding hydrogens is 334 g/mol. The topological polar surface area (TPSA) is 64.3 Å². The molecule has 0 aliphatic carbocycles. The lowest BCUT2D eigenvalue weighted by molar-refractivity contribution is -0.132. The first-order chi connectivity index (χ1) is 10.7. The summed E-state index contributed by atoms with van der Waals surface area (Å²) in [6.07, 6.45) is 1.85. The molecule has 3 rings (SSSR count). The Morgan fingerprint density at radius 3 is 2.91 bits per heavy atom. The maximum atomic E-state index is 12.3. The number of hydrogen-bond donors (Lipinski definition) is 2. The molecule has 2 aromatic heterocycles. The summed E-state index contributed by atoms with van der Waals surface area (Å²) in [6.45, 7) is 4.53. The average Bonchev–Trinajstić information content (AvgIpc) is 3.18. The highest BCUT2D eigenvalue weighted by molar-refractivity contribution is 7.08. The van der Waals surface area contributed by atoms with Crippen LogP contribution in [0.3, 0.4) is 0 Å². The van der Waals surface area contributed by atoms with Crippen molar-refractivity contribution in [3.05, 3.63) is 28.6 Å². The second kappa shape index (κ2) is 8.44. The summed E-state index contributed by atoms with van der Waals surface area (Å²) in [4.78, 5) is 16.3. The highest BCUT2D eigenvalue weighted by Gasteiger charge is 2.18. The number of piperazine rings is 1. The van der Waals surface area contributed by atoms with E-state index in [1.54, 1.807) is 11.3 Å². The fraction of sp³-hybridized carbons (Fsp3) is 0.467. The number of hydrogen-bond acceptors (Lipinski definition) is 5. The molecular formula is C15H22ClN5OS. The second-order valence-corrected chi connectivity index (χ2v) is 6.37. The van der Waals surface area contributed by atoms with Crippen molar-refractivity contribution in [2.24, 2.45) is 0 Å². The number of nitrogens with one attached hydrogen (secondary N) is 2. The van der Waals surface area contributed by atoms with E-state index in [0.717, 1.165) is 43.0 Å². The van der Waals surface area contributed by atoms with Gasteiger partial charge in [-0.3, -0.25) is 14.8 Å². The van der Waals surface area contributed by atoms with Gasteiger partial charge < -0.3 is 10.2 Å². The highest BCUT2D eigenvalue weighted by Crippen LogP contribution is 2.24. The number of thiophene rings is 1. The van der Waals surface area contributed by atoms with Gasteiger partial charge in [0.1, 0.15) is 0 Å². The van der Waals surface area contributed by atoms with Crippen LogP contribution in [0.1, 0.15) is 5.56 Å². The Labute approximate surface area is 146 Å². The normalized spacial score (nSPS) is 14.8. The minimum Gasteiger partial charge on any atom is -0.339 e. The van der Waals surface area contributed by atoms with Gasteiger partial charge in [-0.2, -0.15) is 16.4 Å². The lowest BCUT2D eigenvalue weighted by Crippen LogP contribution is -2.49. The van der Waals surface area contributed by atoms with Crippen LogP contribution in [0.2, 0.25) is 0 Å². The number of aromatic amines is 1. The number of halogens is 1. The smallest absolute Gasteiger partial charge is 0.236 e. The number of H-pyrrole nitrogens is 1. The summed E-state index contributed by atoms with van der Waals surface area (Å²) in [5.74, 6) is 0.199. The van der Waals surface area contributed by atoms with Crippen LogP contribution < -0.4 is 5.32 Å². The minimum atomic E-state index is 0. The molecule has 8 heteroatoms. The van der Waals surface area contributed by atoms with Crippen LogP contribution in [-0.4, -0.2) is 65.7 Å². The molecule has 0 unspecified atom stereocenters. The van der Waals surface area contributed by atoms with E-state index in [1.807, 2.05) is 23.0 Å². The number of rotatable bonds is 5. The molecule has 2 N–H and O–H groups in total. The Kier molecular flexibility index (Phi) is 6.59. The molecule has 3 heterocycles. The van der Waals surface area contributed by atoms with Crippen LogP contribution in [0.5, 0.6) is 0 Å². The van der Waals surface area contributed by atoms with Gasteiger partial charge in [-0.25, -0.2) is 0 Å². The van der Waals surface area contributed by atoms with Crippen molar-refractivity contribution in [1.82, 2.24) is 25.3 Å². The molecule has 23 heavy (non-hydrogen) atoms. The van der Waals surface area contributed by atoms with Gasteiger partial charge in [-0.05, 0) is 18.5 Å². The summed E-state index contributed by atoms with van der Waals surface area (Å²) in [5, 5.41) is 14.6. The van der Waals surface area contributed by atoms with Crippen molar-refractivity contribution in [2.45, 2.75) is 6.54 Å². The van der Waals surface area contributed by atoms with E-state index in [1.165, 1.54) is 0 Å². The minimum absolute atomic E-state index is 0. The Morgan fingerprint density at radius 2 is 2.22 bits per heavy atom. The largest absolute Gasteiger partial charge is 0.339 e. The molecule has 6 nitrogen and oxygen atoms in total. The number of likely N-dealkylation sites (N-methyl/N-ethyl adjacent to an activating group) is 1. The van der Waals surface area contributed by atoms with Gasteiger partial charge >= 0.3 is 0 Å². The molecule has 0 spiro atoms. The third-order valence-electron chi connectivity index (χ3n) is 3.84. The van der Waals surface area contributed by atoms with Gasteiger partial charge in [0.2, 0.25) is 5.91 Å². The summed E-state index contributed by atoms with van der Waals surface area (Å²) in [5.41, 5.74) is 3.32. The van der Waals surface area contributed by atoms with E-state index in [2.05, 4.69) is 32.3 Å². The molecule has 1 fully saturated rings. The summed E-state index contributed by atoms with van der Waals surface area (Å²) < 4.78 is 0. The van der Waals surface area contributed by atoms with Gasteiger partial charge in [0, 0.05) is 49.2 Å². The van der Waals surface area contributed by atoms with E-state index in [4.69, 9.17) is 0 Å². The lowest BCUT2D eigenvalue weighted by Gasteiger charge is -2.29. The lowest BCUT2D eigenvalue weighted by atomic mass is 10.1. The van der Waals surface area contributed by atoms with E-state index in [-0.39, 0.29) is 18.3 Å². The monoisotopic (exact) mass is 355 g/mol. The molecule has 0 saturated carbocycles. The van der Waals surface area contributed by atoms with Crippen molar-refractivity contribution in [2.75, 3.05) is 39.8 Å². The van der Waals surface area contributed by atoms with E-state index in [9.17, 15) is 4.79 Å². The zero-order valence-electron chi connectivity index (χ0n) is 13.1. The maximum absolute atomic E-state index is 12.3. The third kappa shape index (κ3) is 4.54. The maximum Gasteiger partial charge on any atom is 0.236 e. The number of carbonyl (C=O) groups is 1. The van der Waals surface area contributed by atoms with Gasteiger partial charge in [0.25, 0.3) is 0 Å². The molecule has 126 valence electrons. The van der Waals surface area contributed by atoms with Crippen LogP contribution in [0.25, 0.3) is 11.3 Å². The van der Waals surface area contributed by atoms with E-state index >= 15 is 0 Å². The molecule has 1 amide bonds. The molecule has 0 aromatic carbocycles. The zero-order valence-corrected chi connectivity index (χ0v) is 14.8. The van der Waals surface area contributed by atoms with Crippen molar-refractivity contribution in [1.29, 1.82) is 0 Å². The van der Waals surface area contributed by atoms with Gasteiger partial charge in [-0.1, -0.05) is 0 Å². The number of nitrogens with zero attached hydrogens (tertiary/aromatic N) is 3. The fourth-order valence-corrected chi connectivity index (χ4v) is 3.33. The standard InChI is InChI=1S/C15H21N5OS.ClH/c1-19(10-14(21)20-5-3-16-4-6-20)9-13-8-17-18-15(13)12-2-7-22-11-12;/h2,7-8,11,16H,3-6,9-10H2,1H3,(H,17,18);1H. The molecule has 2 aromatic rings. The molecule has 0 bridgehead atoms. The predicted molar refractivity (Wildman–Crippen MR) is 94.9 cm³/mol. The molecule has 0 radical (unpaired) electrons. The SMILES string of the molecule is CN(CC(=O)N1CCNCC1)Cc1cn[nH]c1-c1ccsc1.Cl. The van der Waals surface area contributed by atoms with Crippen LogP contribution in [0.15, 0.2) is 23.0 Å². The Morgan fingerprint density at radius 1 is 1.43 bits per heavy atom. The number of carbonyl (C=O) groups excluding carboxylic acids is 1. The van der Waals surface area contributed by atoms with Crippen molar-refractivity contribution < 1.29 is 4.79 Å². The Balaban J connectivity index is 0.00000192. The summed E-state index contributed by atoms with van der Waals surface area (Å²) >= 11 is 1.67. The molecule has 0 atom stereocenters. The first-order valence-corrected chi connectivity index (χ1v) is 8.40. The first-order valence-electron chi connectivity index (χ1n) is 7.46. The van der Waals surface area contributed by atoms with Gasteiger partial charge in [0.15, 0.2) is 0 Å². The Hall–Kier alpha value is -1.41. The predicted octanol–water partition coefficient (Wildman–Crippen LogP) is 1.42. The van der Waals surface area contributed by atoms with Crippen molar-refractivity contribution in [3.63, 3.8) is 0 Å². The molecule has 1 saturated heterocycles. The van der Waals surface area contributed by atoms with Gasteiger partial charge in [0.05, 0.1) is 18.4 Å². The van der Waals surface area contributed by atoms with Crippen LogP contribution in [-0.2, 0) is 11.3 Å². The fourth-order valence-electron chi connectivity index (χ4n) is 2.68. The Bertz CT molecular complexity index is 609. The first kappa shape index (κ1) is 17.9. The summed E-state index contributed by atoms with van der Waals surface area (Å²) in [6, 6.07) is 2.08. The molecule has 1 aliphatic heterocycles. The number of aromatic nitrogens is 2.